The van der Waals surface area contributed by atoms with Crippen LogP contribution in [0.15, 0.2) is 22.7 Å². The highest BCUT2D eigenvalue weighted by molar-refractivity contribution is 9.10. The van der Waals surface area contributed by atoms with E-state index in [4.69, 9.17) is 11.6 Å². The molecule has 0 bridgehead atoms. The Bertz CT molecular complexity index is 557. The smallest absolute Gasteiger partial charge is 0.147 e. The van der Waals surface area contributed by atoms with E-state index in [2.05, 4.69) is 45.3 Å². The maximum Gasteiger partial charge on any atom is 0.147 e. The molecule has 1 aromatic heterocycles. The van der Waals surface area contributed by atoms with Crippen molar-refractivity contribution in [2.45, 2.75) is 20.4 Å². The minimum Gasteiger partial charge on any atom is -0.310 e. The summed E-state index contributed by atoms with van der Waals surface area (Å²) in [6.45, 7) is 6.12. The molecule has 19 heavy (non-hydrogen) atoms. The summed E-state index contributed by atoms with van der Waals surface area (Å²) in [5, 5.41) is 14.4. The molecule has 6 heteroatoms. The second kappa shape index (κ2) is 6.79. The van der Waals surface area contributed by atoms with Gasteiger partial charge in [-0.15, -0.1) is 10.2 Å². The predicted octanol–water partition coefficient (Wildman–Crippen LogP) is 4.37. The first kappa shape index (κ1) is 14.9. The molecular weight excluding hydrogens is 346 g/mol. The van der Waals surface area contributed by atoms with Gasteiger partial charge in [0.15, 0.2) is 0 Å². The lowest BCUT2D eigenvalue weighted by atomic mass is 10.2. The van der Waals surface area contributed by atoms with Crippen molar-refractivity contribution in [1.82, 2.24) is 15.5 Å². The van der Waals surface area contributed by atoms with Crippen molar-refractivity contribution in [2.75, 3.05) is 6.54 Å². The molecule has 2 aromatic rings. The largest absolute Gasteiger partial charge is 0.310 e. The van der Waals surface area contributed by atoms with Gasteiger partial charge in [0, 0.05) is 16.6 Å². The third-order valence-corrected chi connectivity index (χ3v) is 4.65. The van der Waals surface area contributed by atoms with E-state index in [0.29, 0.717) is 10.9 Å². The van der Waals surface area contributed by atoms with E-state index >= 15 is 0 Å². The predicted molar refractivity (Wildman–Crippen MR) is 84.6 cm³/mol. The average molecular weight is 361 g/mol. The minimum absolute atomic E-state index is 0.639. The van der Waals surface area contributed by atoms with Gasteiger partial charge in [-0.25, -0.2) is 0 Å². The maximum absolute atomic E-state index is 5.98. The van der Waals surface area contributed by atoms with E-state index in [9.17, 15) is 0 Å². The summed E-state index contributed by atoms with van der Waals surface area (Å²) >= 11 is 11.0. The molecule has 0 unspecified atom stereocenters. The van der Waals surface area contributed by atoms with E-state index in [1.54, 1.807) is 11.3 Å². The third-order valence-electron chi connectivity index (χ3n) is 2.46. The molecule has 0 spiro atoms. The Morgan fingerprint density at radius 1 is 1.37 bits per heavy atom. The summed E-state index contributed by atoms with van der Waals surface area (Å²) in [5.41, 5.74) is 1.03. The number of halogens is 2. The lowest BCUT2D eigenvalue weighted by Gasteiger charge is -2.04. The van der Waals surface area contributed by atoms with Gasteiger partial charge in [-0.05, 0) is 40.5 Å². The summed E-state index contributed by atoms with van der Waals surface area (Å²) in [6.07, 6.45) is 0. The van der Waals surface area contributed by atoms with Crippen LogP contribution in [0.25, 0.3) is 10.6 Å². The van der Waals surface area contributed by atoms with E-state index in [1.807, 2.05) is 18.2 Å². The zero-order valence-corrected chi connectivity index (χ0v) is 13.9. The van der Waals surface area contributed by atoms with Crippen molar-refractivity contribution < 1.29 is 0 Å². The summed E-state index contributed by atoms with van der Waals surface area (Å²) in [7, 11) is 0. The van der Waals surface area contributed by atoms with Gasteiger partial charge >= 0.3 is 0 Å². The van der Waals surface area contributed by atoms with Crippen molar-refractivity contribution in [3.63, 3.8) is 0 Å². The average Bonchev–Trinajstić information content (AvgIpc) is 2.81. The fourth-order valence-corrected chi connectivity index (χ4v) is 2.84. The van der Waals surface area contributed by atoms with Crippen molar-refractivity contribution in [3.8, 4) is 10.6 Å². The first-order chi connectivity index (χ1) is 9.06. The number of benzene rings is 1. The van der Waals surface area contributed by atoms with Crippen LogP contribution >= 0.6 is 38.9 Å². The van der Waals surface area contributed by atoms with Gasteiger partial charge in [0.2, 0.25) is 0 Å². The van der Waals surface area contributed by atoms with Crippen LogP contribution in [0.2, 0.25) is 5.02 Å². The molecule has 0 atom stereocenters. The summed E-state index contributed by atoms with van der Waals surface area (Å²) in [6, 6.07) is 5.78. The Labute approximate surface area is 130 Å². The Morgan fingerprint density at radius 3 is 2.84 bits per heavy atom. The van der Waals surface area contributed by atoms with Crippen LogP contribution in [0.5, 0.6) is 0 Å². The molecule has 0 saturated carbocycles. The second-order valence-corrected chi connectivity index (χ2v) is 6.98. The lowest BCUT2D eigenvalue weighted by molar-refractivity contribution is 0.550. The molecule has 0 radical (unpaired) electrons. The molecule has 0 aliphatic carbocycles. The first-order valence-corrected chi connectivity index (χ1v) is 8.03. The Balaban J connectivity index is 2.05. The molecular formula is C13H15BrClN3S. The Hall–Kier alpha value is -0.490. The molecule has 0 amide bonds. The van der Waals surface area contributed by atoms with E-state index in [1.165, 1.54) is 0 Å². The van der Waals surface area contributed by atoms with Gasteiger partial charge in [0.25, 0.3) is 0 Å². The van der Waals surface area contributed by atoms with Crippen molar-refractivity contribution in [2.24, 2.45) is 5.92 Å². The van der Waals surface area contributed by atoms with Crippen LogP contribution in [0.1, 0.15) is 18.9 Å². The number of hydrogen-bond donors (Lipinski definition) is 1. The molecule has 0 aliphatic heterocycles. The highest BCUT2D eigenvalue weighted by Gasteiger charge is 2.08. The van der Waals surface area contributed by atoms with Gasteiger partial charge in [-0.1, -0.05) is 42.9 Å². The molecule has 0 fully saturated rings. The molecule has 1 heterocycles. The molecule has 2 rings (SSSR count). The van der Waals surface area contributed by atoms with Crippen LogP contribution in [0.4, 0.5) is 0 Å². The molecule has 0 aliphatic rings. The standard InChI is InChI=1S/C13H15BrClN3S/c1-8(2)6-16-7-12-17-18-13(19-12)9-3-4-11(15)10(14)5-9/h3-5,8,16H,6-7H2,1-2H3. The number of aromatic nitrogens is 2. The summed E-state index contributed by atoms with van der Waals surface area (Å²) < 4.78 is 0.876. The quantitative estimate of drug-likeness (QED) is 0.860. The van der Waals surface area contributed by atoms with Crippen LogP contribution in [0, 0.1) is 5.92 Å². The lowest BCUT2D eigenvalue weighted by Crippen LogP contribution is -2.18. The van der Waals surface area contributed by atoms with Gasteiger partial charge in [-0.3, -0.25) is 0 Å². The highest BCUT2D eigenvalue weighted by atomic mass is 79.9. The van der Waals surface area contributed by atoms with Gasteiger partial charge < -0.3 is 5.32 Å². The monoisotopic (exact) mass is 359 g/mol. The fraction of sp³-hybridized carbons (Fsp3) is 0.385. The maximum atomic E-state index is 5.98. The molecule has 1 aromatic carbocycles. The SMILES string of the molecule is CC(C)CNCc1nnc(-c2ccc(Cl)c(Br)c2)s1. The van der Waals surface area contributed by atoms with Gasteiger partial charge in [0.1, 0.15) is 10.0 Å². The Morgan fingerprint density at radius 2 is 2.16 bits per heavy atom. The number of hydrogen-bond acceptors (Lipinski definition) is 4. The molecule has 0 saturated heterocycles. The zero-order chi connectivity index (χ0) is 13.8. The summed E-state index contributed by atoms with van der Waals surface area (Å²) in [4.78, 5) is 0. The van der Waals surface area contributed by atoms with Crippen LogP contribution in [-0.4, -0.2) is 16.7 Å². The van der Waals surface area contributed by atoms with E-state index < -0.39 is 0 Å². The zero-order valence-electron chi connectivity index (χ0n) is 10.8. The van der Waals surface area contributed by atoms with E-state index in [0.717, 1.165) is 33.1 Å². The Kier molecular flexibility index (Phi) is 5.33. The van der Waals surface area contributed by atoms with Crippen molar-refractivity contribution in [1.29, 1.82) is 0 Å². The van der Waals surface area contributed by atoms with Gasteiger partial charge in [-0.2, -0.15) is 0 Å². The molecule has 3 nitrogen and oxygen atoms in total. The van der Waals surface area contributed by atoms with Crippen molar-refractivity contribution >= 4 is 38.9 Å². The number of rotatable bonds is 5. The van der Waals surface area contributed by atoms with E-state index in [-0.39, 0.29) is 0 Å². The van der Waals surface area contributed by atoms with Crippen LogP contribution in [-0.2, 0) is 6.54 Å². The van der Waals surface area contributed by atoms with Crippen molar-refractivity contribution in [3.05, 3.63) is 32.7 Å². The fourth-order valence-electron chi connectivity index (χ4n) is 1.54. The van der Waals surface area contributed by atoms with Crippen LogP contribution < -0.4 is 5.32 Å². The topological polar surface area (TPSA) is 37.8 Å². The minimum atomic E-state index is 0.639. The third kappa shape index (κ3) is 4.24. The number of nitrogens with one attached hydrogen (secondary N) is 1. The number of nitrogens with zero attached hydrogens (tertiary/aromatic N) is 2. The van der Waals surface area contributed by atoms with Gasteiger partial charge in [0.05, 0.1) is 5.02 Å². The van der Waals surface area contributed by atoms with Crippen LogP contribution in [0.3, 0.4) is 0 Å². The highest BCUT2D eigenvalue weighted by Crippen LogP contribution is 2.30. The first-order valence-electron chi connectivity index (χ1n) is 6.05. The molecule has 1 N–H and O–H groups in total. The second-order valence-electron chi connectivity index (χ2n) is 4.65. The normalized spacial score (nSPS) is 11.2. The summed E-state index contributed by atoms with van der Waals surface area (Å²) in [5.74, 6) is 0.639. The molecule has 102 valence electrons.